The standard InChI is InChI=1S/C7H7BF3O/c1-8-3-6-2-5(4-12-6)7(9,10)11/h2,4H,3H2,1H3. The summed E-state index contributed by atoms with van der Waals surface area (Å²) in [7, 11) is 1.74. The Kier molecular flexibility index (Phi) is 2.50. The van der Waals surface area contributed by atoms with Crippen LogP contribution in [0.2, 0.25) is 6.82 Å². The molecule has 0 saturated heterocycles. The van der Waals surface area contributed by atoms with Gasteiger partial charge >= 0.3 is 6.18 Å². The van der Waals surface area contributed by atoms with E-state index in [-0.39, 0.29) is 0 Å². The zero-order valence-corrected chi connectivity index (χ0v) is 6.48. The Labute approximate surface area is 68.8 Å². The van der Waals surface area contributed by atoms with Gasteiger partial charge in [0.15, 0.2) is 0 Å². The van der Waals surface area contributed by atoms with Gasteiger partial charge in [-0.2, -0.15) is 13.2 Å². The lowest BCUT2D eigenvalue weighted by atomic mass is 9.77. The molecule has 1 radical (unpaired) electrons. The first-order valence-corrected chi connectivity index (χ1v) is 3.46. The first kappa shape index (κ1) is 9.22. The Balaban J connectivity index is 2.77. The van der Waals surface area contributed by atoms with E-state index >= 15 is 0 Å². The number of hydrogen-bond acceptors (Lipinski definition) is 1. The van der Waals surface area contributed by atoms with Crippen molar-refractivity contribution >= 4 is 7.28 Å². The first-order valence-electron chi connectivity index (χ1n) is 3.46. The Morgan fingerprint density at radius 3 is 2.58 bits per heavy atom. The van der Waals surface area contributed by atoms with Crippen molar-refractivity contribution in [3.8, 4) is 0 Å². The topological polar surface area (TPSA) is 13.1 Å². The van der Waals surface area contributed by atoms with Gasteiger partial charge in [-0.25, -0.2) is 0 Å². The van der Waals surface area contributed by atoms with Gasteiger partial charge in [-0.1, -0.05) is 6.82 Å². The van der Waals surface area contributed by atoms with Crippen molar-refractivity contribution < 1.29 is 17.6 Å². The molecule has 1 heterocycles. The van der Waals surface area contributed by atoms with Gasteiger partial charge in [0.25, 0.3) is 0 Å². The quantitative estimate of drug-likeness (QED) is 0.629. The van der Waals surface area contributed by atoms with Crippen molar-refractivity contribution in [3.63, 3.8) is 0 Å². The number of halogens is 3. The maximum absolute atomic E-state index is 12.0. The van der Waals surface area contributed by atoms with Crippen LogP contribution in [-0.4, -0.2) is 7.28 Å². The van der Waals surface area contributed by atoms with E-state index < -0.39 is 11.7 Å². The van der Waals surface area contributed by atoms with E-state index in [1.54, 1.807) is 14.1 Å². The summed E-state index contributed by atoms with van der Waals surface area (Å²) in [6.07, 6.45) is -3.13. The predicted molar refractivity (Wildman–Crippen MR) is 39.0 cm³/mol. The molecule has 1 rings (SSSR count). The zero-order chi connectivity index (χ0) is 9.19. The third-order valence-electron chi connectivity index (χ3n) is 1.39. The van der Waals surface area contributed by atoms with Crippen LogP contribution in [0.4, 0.5) is 13.2 Å². The van der Waals surface area contributed by atoms with Crippen LogP contribution in [0, 0.1) is 0 Å². The molecule has 12 heavy (non-hydrogen) atoms. The van der Waals surface area contributed by atoms with Gasteiger partial charge in [-0.15, -0.1) is 0 Å². The fourth-order valence-corrected chi connectivity index (χ4v) is 0.838. The van der Waals surface area contributed by atoms with E-state index in [2.05, 4.69) is 4.42 Å². The third-order valence-corrected chi connectivity index (χ3v) is 1.39. The summed E-state index contributed by atoms with van der Waals surface area (Å²) in [5, 5.41) is 0. The largest absolute Gasteiger partial charge is 0.469 e. The number of hydrogen-bond donors (Lipinski definition) is 0. The predicted octanol–water partition coefficient (Wildman–Crippen LogP) is 2.55. The molecule has 0 aromatic carbocycles. The second-order valence-corrected chi connectivity index (χ2v) is 2.41. The van der Waals surface area contributed by atoms with E-state index in [9.17, 15) is 13.2 Å². The van der Waals surface area contributed by atoms with Crippen LogP contribution in [0.3, 0.4) is 0 Å². The molecular weight excluding hydrogens is 168 g/mol. The second-order valence-electron chi connectivity index (χ2n) is 2.41. The molecule has 0 N–H and O–H groups in total. The van der Waals surface area contributed by atoms with E-state index in [0.29, 0.717) is 12.1 Å². The molecule has 0 unspecified atom stereocenters. The van der Waals surface area contributed by atoms with Crippen molar-refractivity contribution in [1.82, 2.24) is 0 Å². The molecule has 0 fully saturated rings. The molecule has 0 aliphatic rings. The number of rotatable bonds is 2. The van der Waals surface area contributed by atoms with Gasteiger partial charge in [-0.05, 0) is 12.4 Å². The normalized spacial score (nSPS) is 11.7. The van der Waals surface area contributed by atoms with Crippen molar-refractivity contribution in [2.45, 2.75) is 19.3 Å². The van der Waals surface area contributed by atoms with Crippen molar-refractivity contribution in [1.29, 1.82) is 0 Å². The third kappa shape index (κ3) is 2.06. The fraction of sp³-hybridized carbons (Fsp3) is 0.429. The summed E-state index contributed by atoms with van der Waals surface area (Å²) in [6, 6.07) is 1.01. The molecule has 0 spiro atoms. The summed E-state index contributed by atoms with van der Waals surface area (Å²) in [6.45, 7) is 1.76. The minimum atomic E-state index is -4.30. The molecule has 0 aliphatic carbocycles. The van der Waals surface area contributed by atoms with Gasteiger partial charge in [0.1, 0.15) is 13.5 Å². The zero-order valence-electron chi connectivity index (χ0n) is 6.48. The van der Waals surface area contributed by atoms with E-state index in [4.69, 9.17) is 0 Å². The van der Waals surface area contributed by atoms with Crippen LogP contribution < -0.4 is 0 Å². The van der Waals surface area contributed by atoms with E-state index in [0.717, 1.165) is 12.3 Å². The molecule has 0 aliphatic heterocycles. The molecule has 5 heteroatoms. The van der Waals surface area contributed by atoms with Crippen LogP contribution in [0.1, 0.15) is 11.3 Å². The van der Waals surface area contributed by atoms with Gasteiger partial charge in [0.05, 0.1) is 11.3 Å². The molecule has 0 bridgehead atoms. The Morgan fingerprint density at radius 2 is 2.17 bits per heavy atom. The number of alkyl halides is 3. The summed E-state index contributed by atoms with van der Waals surface area (Å²) in [5.41, 5.74) is -0.723. The van der Waals surface area contributed by atoms with E-state index in [1.165, 1.54) is 0 Å². The fourth-order valence-electron chi connectivity index (χ4n) is 0.838. The smallest absolute Gasteiger partial charge is 0.419 e. The van der Waals surface area contributed by atoms with Gasteiger partial charge in [-0.3, -0.25) is 0 Å². The van der Waals surface area contributed by atoms with Crippen LogP contribution in [0.5, 0.6) is 0 Å². The highest BCUT2D eigenvalue weighted by molar-refractivity contribution is 6.32. The second kappa shape index (κ2) is 3.25. The Morgan fingerprint density at radius 1 is 1.50 bits per heavy atom. The minimum Gasteiger partial charge on any atom is -0.469 e. The number of furan rings is 1. The molecule has 1 aromatic rings. The SMILES string of the molecule is C[B]Cc1cc(C(F)(F)F)co1. The minimum absolute atomic E-state index is 0.338. The lowest BCUT2D eigenvalue weighted by molar-refractivity contribution is -0.137. The van der Waals surface area contributed by atoms with Crippen molar-refractivity contribution in [2.24, 2.45) is 0 Å². The maximum atomic E-state index is 12.0. The van der Waals surface area contributed by atoms with Crippen LogP contribution in [0.15, 0.2) is 16.7 Å². The van der Waals surface area contributed by atoms with Crippen LogP contribution in [-0.2, 0) is 12.5 Å². The lowest BCUT2D eigenvalue weighted by Gasteiger charge is -1.99. The molecule has 1 nitrogen and oxygen atoms in total. The molecule has 0 atom stereocenters. The van der Waals surface area contributed by atoms with Crippen molar-refractivity contribution in [3.05, 3.63) is 23.7 Å². The van der Waals surface area contributed by atoms with Crippen molar-refractivity contribution in [2.75, 3.05) is 0 Å². The van der Waals surface area contributed by atoms with Crippen LogP contribution in [0.25, 0.3) is 0 Å². The van der Waals surface area contributed by atoms with Gasteiger partial charge in [0.2, 0.25) is 0 Å². The molecular formula is C7H7BF3O. The summed E-state index contributed by atoms with van der Waals surface area (Å²) < 4.78 is 40.6. The van der Waals surface area contributed by atoms with Gasteiger partial charge < -0.3 is 4.42 Å². The highest BCUT2D eigenvalue weighted by Crippen LogP contribution is 2.30. The average molecular weight is 175 g/mol. The van der Waals surface area contributed by atoms with E-state index in [1.807, 2.05) is 0 Å². The summed E-state index contributed by atoms with van der Waals surface area (Å²) in [4.78, 5) is 0. The Hall–Kier alpha value is -0.865. The average Bonchev–Trinajstić information content (AvgIpc) is 2.35. The Bertz CT molecular complexity index is 253. The summed E-state index contributed by atoms with van der Waals surface area (Å²) >= 11 is 0. The van der Waals surface area contributed by atoms with Crippen LogP contribution >= 0.6 is 0 Å². The highest BCUT2D eigenvalue weighted by Gasteiger charge is 2.32. The summed E-state index contributed by atoms with van der Waals surface area (Å²) in [5.74, 6) is 0.338. The highest BCUT2D eigenvalue weighted by atomic mass is 19.4. The van der Waals surface area contributed by atoms with Gasteiger partial charge in [0, 0.05) is 0 Å². The first-order chi connectivity index (χ1) is 5.54. The monoisotopic (exact) mass is 175 g/mol. The lowest BCUT2D eigenvalue weighted by Crippen LogP contribution is -2.02. The molecule has 1 aromatic heterocycles. The molecule has 65 valence electrons. The molecule has 0 saturated carbocycles. The maximum Gasteiger partial charge on any atom is 0.419 e. The molecule has 0 amide bonds.